The number of hydrogen-bond donors (Lipinski definition) is 1. The molecule has 1 saturated heterocycles. The van der Waals surface area contributed by atoms with Gasteiger partial charge in [0.25, 0.3) is 0 Å². The molecule has 148 valence electrons. The van der Waals surface area contributed by atoms with Crippen LogP contribution >= 0.6 is 0 Å². The van der Waals surface area contributed by atoms with Gasteiger partial charge in [-0.05, 0) is 31.4 Å². The zero-order chi connectivity index (χ0) is 19.7. The quantitative estimate of drug-likeness (QED) is 0.678. The first-order valence-corrected chi connectivity index (χ1v) is 11.1. The summed E-state index contributed by atoms with van der Waals surface area (Å²) in [5.74, 6) is 2.22. The zero-order valence-electron chi connectivity index (χ0n) is 15.6. The second kappa shape index (κ2) is 7.38. The van der Waals surface area contributed by atoms with E-state index in [0.717, 1.165) is 16.9 Å². The highest BCUT2D eigenvalue weighted by molar-refractivity contribution is 7.91. The number of benzene rings is 1. The van der Waals surface area contributed by atoms with Crippen molar-refractivity contribution in [2.24, 2.45) is 5.92 Å². The molecule has 0 radical (unpaired) electrons. The number of nitrogens with one attached hydrogen (secondary N) is 1. The summed E-state index contributed by atoms with van der Waals surface area (Å²) in [4.78, 5) is 17.0. The molecular weight excluding hydrogens is 380 g/mol. The third kappa shape index (κ3) is 4.09. The van der Waals surface area contributed by atoms with Gasteiger partial charge in [0.2, 0.25) is 5.91 Å². The molecule has 1 unspecified atom stereocenters. The van der Waals surface area contributed by atoms with E-state index in [4.69, 9.17) is 9.51 Å². The lowest BCUT2D eigenvalue weighted by atomic mass is 10.1. The summed E-state index contributed by atoms with van der Waals surface area (Å²) in [5, 5.41) is 6.49. The van der Waals surface area contributed by atoms with E-state index in [1.807, 2.05) is 28.8 Å². The molecular formula is C19H22N4O4S. The third-order valence-corrected chi connectivity index (χ3v) is 6.83. The molecule has 8 nitrogen and oxygen atoms in total. The van der Waals surface area contributed by atoms with E-state index in [0.29, 0.717) is 31.0 Å². The summed E-state index contributed by atoms with van der Waals surface area (Å²) < 4.78 is 30.5. The summed E-state index contributed by atoms with van der Waals surface area (Å²) in [6.07, 6.45) is 1.51. The van der Waals surface area contributed by atoms with Crippen molar-refractivity contribution in [3.8, 4) is 0 Å². The van der Waals surface area contributed by atoms with Gasteiger partial charge in [0.1, 0.15) is 11.6 Å². The molecule has 1 aromatic carbocycles. The van der Waals surface area contributed by atoms with Gasteiger partial charge in [0.15, 0.2) is 15.7 Å². The minimum atomic E-state index is -2.93. The van der Waals surface area contributed by atoms with E-state index >= 15 is 0 Å². The Kier molecular flexibility index (Phi) is 4.92. The van der Waals surface area contributed by atoms with E-state index in [1.165, 1.54) is 0 Å². The number of carbonyl (C=O) groups is 1. The first-order valence-electron chi connectivity index (χ1n) is 9.27. The van der Waals surface area contributed by atoms with Crippen molar-refractivity contribution < 1.29 is 17.7 Å². The van der Waals surface area contributed by atoms with E-state index < -0.39 is 9.84 Å². The normalized spacial score (nSPS) is 18.5. The molecule has 1 atom stereocenters. The Bertz CT molecular complexity index is 1120. The van der Waals surface area contributed by atoms with Crippen molar-refractivity contribution >= 4 is 32.6 Å². The first kappa shape index (κ1) is 18.7. The Morgan fingerprint density at radius 3 is 2.89 bits per heavy atom. The van der Waals surface area contributed by atoms with Crippen molar-refractivity contribution in [2.75, 3.05) is 16.8 Å². The maximum Gasteiger partial charge on any atom is 0.227 e. The number of nitrogens with zero attached hydrogens (tertiary/aromatic N) is 3. The standard InChI is InChI=1S/C19H22N4O4S/c1-13-10-17(22-27-13)21-19(24)6-8-23-16-5-3-2-4-15(16)20-18(23)11-14-7-9-28(25,26)12-14/h2-5,10,14H,6-9,11-12H2,1H3,(H,21,22,24). The van der Waals surface area contributed by atoms with Gasteiger partial charge in [-0.3, -0.25) is 4.79 Å². The SMILES string of the molecule is Cc1cc(NC(=O)CCn2c(CC3CCS(=O)(=O)C3)nc3ccccc32)no1. The predicted octanol–water partition coefficient (Wildman–Crippen LogP) is 2.34. The minimum Gasteiger partial charge on any atom is -0.360 e. The van der Waals surface area contributed by atoms with Crippen molar-refractivity contribution in [1.29, 1.82) is 0 Å². The van der Waals surface area contributed by atoms with E-state index in [2.05, 4.69) is 10.5 Å². The number of para-hydroxylation sites is 2. The van der Waals surface area contributed by atoms with Crippen LogP contribution in [0.4, 0.5) is 5.82 Å². The lowest BCUT2D eigenvalue weighted by Gasteiger charge is -2.11. The van der Waals surface area contributed by atoms with Gasteiger partial charge in [-0.1, -0.05) is 17.3 Å². The highest BCUT2D eigenvalue weighted by Crippen LogP contribution is 2.25. The summed E-state index contributed by atoms with van der Waals surface area (Å²) in [6.45, 7) is 2.22. The number of anilines is 1. The molecule has 0 saturated carbocycles. The highest BCUT2D eigenvalue weighted by Gasteiger charge is 2.29. The maximum atomic E-state index is 12.3. The molecule has 0 spiro atoms. The fraction of sp³-hybridized carbons (Fsp3) is 0.421. The molecule has 1 fully saturated rings. The fourth-order valence-electron chi connectivity index (χ4n) is 3.67. The Morgan fingerprint density at radius 1 is 1.36 bits per heavy atom. The number of imidazole rings is 1. The van der Waals surface area contributed by atoms with Crippen molar-refractivity contribution in [2.45, 2.75) is 32.7 Å². The molecule has 1 N–H and O–H groups in total. The van der Waals surface area contributed by atoms with Crippen LogP contribution in [-0.4, -0.2) is 40.5 Å². The molecule has 0 bridgehead atoms. The van der Waals surface area contributed by atoms with E-state index in [9.17, 15) is 13.2 Å². The molecule has 3 aromatic rings. The number of aryl methyl sites for hydroxylation is 2. The second-order valence-electron chi connectivity index (χ2n) is 7.26. The summed E-state index contributed by atoms with van der Waals surface area (Å²) >= 11 is 0. The number of amides is 1. The van der Waals surface area contributed by atoms with Gasteiger partial charge in [-0.2, -0.15) is 0 Å². The number of hydrogen-bond acceptors (Lipinski definition) is 6. The van der Waals surface area contributed by atoms with Gasteiger partial charge >= 0.3 is 0 Å². The second-order valence-corrected chi connectivity index (χ2v) is 9.49. The summed E-state index contributed by atoms with van der Waals surface area (Å²) in [6, 6.07) is 9.41. The van der Waals surface area contributed by atoms with Crippen LogP contribution in [0.25, 0.3) is 11.0 Å². The lowest BCUT2D eigenvalue weighted by molar-refractivity contribution is -0.116. The molecule has 28 heavy (non-hydrogen) atoms. The van der Waals surface area contributed by atoms with Crippen LogP contribution in [0.2, 0.25) is 0 Å². The summed E-state index contributed by atoms with van der Waals surface area (Å²) in [5.41, 5.74) is 1.80. The fourth-order valence-corrected chi connectivity index (χ4v) is 5.53. The Labute approximate surface area is 162 Å². The minimum absolute atomic E-state index is 0.0764. The van der Waals surface area contributed by atoms with Gasteiger partial charge in [0.05, 0.1) is 22.5 Å². The average Bonchev–Trinajstić information content (AvgIpc) is 3.30. The predicted molar refractivity (Wildman–Crippen MR) is 105 cm³/mol. The van der Waals surface area contributed by atoms with Gasteiger partial charge < -0.3 is 14.4 Å². The van der Waals surface area contributed by atoms with Crippen LogP contribution in [0.15, 0.2) is 34.9 Å². The Hall–Kier alpha value is -2.68. The number of rotatable bonds is 6. The third-order valence-electron chi connectivity index (χ3n) is 4.99. The smallest absolute Gasteiger partial charge is 0.227 e. The molecule has 1 aliphatic heterocycles. The Morgan fingerprint density at radius 2 is 2.18 bits per heavy atom. The Balaban J connectivity index is 1.51. The number of fused-ring (bicyclic) bond motifs is 1. The lowest BCUT2D eigenvalue weighted by Crippen LogP contribution is -2.17. The largest absolute Gasteiger partial charge is 0.360 e. The van der Waals surface area contributed by atoms with Gasteiger partial charge in [-0.25, -0.2) is 13.4 Å². The average molecular weight is 402 g/mol. The van der Waals surface area contributed by atoms with Crippen LogP contribution in [-0.2, 0) is 27.6 Å². The molecule has 1 amide bonds. The molecule has 4 rings (SSSR count). The highest BCUT2D eigenvalue weighted by atomic mass is 32.2. The van der Waals surface area contributed by atoms with Crippen LogP contribution in [0.3, 0.4) is 0 Å². The van der Waals surface area contributed by atoms with Crippen molar-refractivity contribution in [3.05, 3.63) is 41.9 Å². The van der Waals surface area contributed by atoms with Crippen LogP contribution in [0.1, 0.15) is 24.4 Å². The molecule has 3 heterocycles. The number of sulfone groups is 1. The first-order chi connectivity index (χ1) is 13.4. The monoisotopic (exact) mass is 402 g/mol. The van der Waals surface area contributed by atoms with Crippen LogP contribution < -0.4 is 5.32 Å². The number of carbonyl (C=O) groups excluding carboxylic acids is 1. The van der Waals surface area contributed by atoms with Gasteiger partial charge in [-0.15, -0.1) is 0 Å². The van der Waals surface area contributed by atoms with Gasteiger partial charge in [0, 0.05) is 25.5 Å². The van der Waals surface area contributed by atoms with Crippen LogP contribution in [0.5, 0.6) is 0 Å². The molecule has 9 heteroatoms. The van der Waals surface area contributed by atoms with E-state index in [-0.39, 0.29) is 29.8 Å². The van der Waals surface area contributed by atoms with Crippen molar-refractivity contribution in [1.82, 2.24) is 14.7 Å². The zero-order valence-corrected chi connectivity index (χ0v) is 16.4. The topological polar surface area (TPSA) is 107 Å². The maximum absolute atomic E-state index is 12.3. The van der Waals surface area contributed by atoms with E-state index in [1.54, 1.807) is 13.0 Å². The molecule has 2 aromatic heterocycles. The summed E-state index contributed by atoms with van der Waals surface area (Å²) in [7, 11) is -2.93. The molecule has 1 aliphatic rings. The molecule has 0 aliphatic carbocycles. The van der Waals surface area contributed by atoms with Crippen molar-refractivity contribution in [3.63, 3.8) is 0 Å². The van der Waals surface area contributed by atoms with Crippen LogP contribution in [0, 0.1) is 12.8 Å². The number of aromatic nitrogens is 3.